The maximum atomic E-state index is 11.0. The molecule has 0 saturated carbocycles. The molecule has 1 aromatic carbocycles. The highest BCUT2D eigenvalue weighted by Crippen LogP contribution is 2.08. The fourth-order valence-corrected chi connectivity index (χ4v) is 3.27. The zero-order chi connectivity index (χ0) is 14.8. The van der Waals surface area contributed by atoms with E-state index in [0.717, 1.165) is 28.5 Å². The van der Waals surface area contributed by atoms with Crippen molar-refractivity contribution in [3.63, 3.8) is 0 Å². The van der Waals surface area contributed by atoms with E-state index < -0.39 is 5.97 Å². The van der Waals surface area contributed by atoms with Crippen LogP contribution in [0.15, 0.2) is 60.8 Å². The fourth-order valence-electron chi connectivity index (χ4n) is 1.62. The van der Waals surface area contributed by atoms with Crippen LogP contribution < -0.4 is 0 Å². The van der Waals surface area contributed by atoms with Crippen LogP contribution in [0.2, 0.25) is 0 Å². The van der Waals surface area contributed by atoms with Gasteiger partial charge < -0.3 is 4.84 Å². The summed E-state index contributed by atoms with van der Waals surface area (Å²) in [5.41, 5.74) is 1.76. The van der Waals surface area contributed by atoms with Gasteiger partial charge in [0.2, 0.25) is 0 Å². The standard InChI is InChI=1S/C16H20NO2S/c1-4-11-20(12-5-2)13-16(17-19-14(3)18)15-9-7-6-8-10-15/h4-10H,1-2,11-13H2,3H3/q+1. The second-order valence-corrected chi connectivity index (χ2v) is 6.33. The Hall–Kier alpha value is -1.81. The summed E-state index contributed by atoms with van der Waals surface area (Å²) in [5, 5.41) is 4.00. The number of nitrogens with zero attached hydrogens (tertiary/aromatic N) is 1. The minimum Gasteiger partial charge on any atom is -0.318 e. The summed E-state index contributed by atoms with van der Waals surface area (Å²) in [5.74, 6) is 2.14. The molecule has 3 nitrogen and oxygen atoms in total. The third-order valence-electron chi connectivity index (χ3n) is 2.44. The van der Waals surface area contributed by atoms with E-state index in [0.29, 0.717) is 0 Å². The molecule has 0 aliphatic rings. The van der Waals surface area contributed by atoms with Crippen molar-refractivity contribution in [3.05, 3.63) is 61.2 Å². The van der Waals surface area contributed by atoms with Crippen LogP contribution in [-0.4, -0.2) is 28.9 Å². The van der Waals surface area contributed by atoms with Gasteiger partial charge in [0.1, 0.15) is 17.2 Å². The van der Waals surface area contributed by atoms with Crippen LogP contribution in [0, 0.1) is 0 Å². The van der Waals surface area contributed by atoms with Gasteiger partial charge in [0.15, 0.2) is 5.75 Å². The van der Waals surface area contributed by atoms with Crippen molar-refractivity contribution in [2.75, 3.05) is 17.3 Å². The predicted octanol–water partition coefficient (Wildman–Crippen LogP) is 2.94. The van der Waals surface area contributed by atoms with Gasteiger partial charge in [-0.25, -0.2) is 4.79 Å². The van der Waals surface area contributed by atoms with Crippen molar-refractivity contribution in [3.8, 4) is 0 Å². The zero-order valence-corrected chi connectivity index (χ0v) is 12.6. The minimum absolute atomic E-state index is 0.0720. The smallest absolute Gasteiger partial charge is 0.318 e. The predicted molar refractivity (Wildman–Crippen MR) is 87.1 cm³/mol. The molecule has 0 N–H and O–H groups in total. The second kappa shape index (κ2) is 9.15. The normalized spacial score (nSPS) is 11.2. The van der Waals surface area contributed by atoms with Crippen molar-refractivity contribution in [1.29, 1.82) is 0 Å². The largest absolute Gasteiger partial charge is 0.331 e. The van der Waals surface area contributed by atoms with Crippen LogP contribution in [-0.2, 0) is 20.5 Å². The molecule has 20 heavy (non-hydrogen) atoms. The minimum atomic E-state index is -0.411. The molecule has 0 bridgehead atoms. The number of hydrogen-bond acceptors (Lipinski definition) is 3. The van der Waals surface area contributed by atoms with Crippen molar-refractivity contribution in [2.45, 2.75) is 6.92 Å². The first kappa shape index (κ1) is 16.2. The number of hydrogen-bond donors (Lipinski definition) is 0. The summed E-state index contributed by atoms with van der Waals surface area (Å²) < 4.78 is 0. The molecule has 4 heteroatoms. The Balaban J connectivity index is 2.92. The molecular weight excluding hydrogens is 270 g/mol. The Kier molecular flexibility index (Phi) is 7.43. The van der Waals surface area contributed by atoms with Gasteiger partial charge in [0.05, 0.1) is 0 Å². The van der Waals surface area contributed by atoms with Crippen molar-refractivity contribution >= 4 is 22.6 Å². The Bertz CT molecular complexity index is 473. The van der Waals surface area contributed by atoms with Crippen molar-refractivity contribution < 1.29 is 9.63 Å². The van der Waals surface area contributed by atoms with Gasteiger partial charge >= 0.3 is 5.97 Å². The number of oxime groups is 1. The van der Waals surface area contributed by atoms with Crippen LogP contribution in [0.1, 0.15) is 12.5 Å². The lowest BCUT2D eigenvalue weighted by Gasteiger charge is -2.07. The van der Waals surface area contributed by atoms with E-state index in [4.69, 9.17) is 4.84 Å². The van der Waals surface area contributed by atoms with Gasteiger partial charge in [-0.15, -0.1) is 0 Å². The van der Waals surface area contributed by atoms with Crippen molar-refractivity contribution in [2.24, 2.45) is 5.16 Å². The van der Waals surface area contributed by atoms with Crippen LogP contribution >= 0.6 is 0 Å². The summed E-state index contributed by atoms with van der Waals surface area (Å²) in [7, 11) is 0.0720. The summed E-state index contributed by atoms with van der Waals surface area (Å²) in [6, 6.07) is 9.76. The first-order valence-electron chi connectivity index (χ1n) is 6.33. The number of carbonyl (C=O) groups is 1. The summed E-state index contributed by atoms with van der Waals surface area (Å²) in [6.45, 7) is 8.92. The van der Waals surface area contributed by atoms with E-state index >= 15 is 0 Å². The Morgan fingerprint density at radius 3 is 2.35 bits per heavy atom. The molecule has 0 aliphatic heterocycles. The van der Waals surface area contributed by atoms with E-state index in [1.165, 1.54) is 6.92 Å². The summed E-state index contributed by atoms with van der Waals surface area (Å²) >= 11 is 0. The highest BCUT2D eigenvalue weighted by atomic mass is 32.2. The molecule has 0 aromatic heterocycles. The maximum Gasteiger partial charge on any atom is 0.331 e. The van der Waals surface area contributed by atoms with E-state index in [-0.39, 0.29) is 10.9 Å². The third kappa shape index (κ3) is 5.89. The van der Waals surface area contributed by atoms with Crippen molar-refractivity contribution in [1.82, 2.24) is 0 Å². The quantitative estimate of drug-likeness (QED) is 0.243. The molecular formula is C16H20NO2S+. The van der Waals surface area contributed by atoms with Gasteiger partial charge in [-0.2, -0.15) is 0 Å². The van der Waals surface area contributed by atoms with Gasteiger partial charge in [-0.1, -0.05) is 48.6 Å². The molecule has 0 saturated heterocycles. The van der Waals surface area contributed by atoms with Crippen LogP contribution in [0.5, 0.6) is 0 Å². The van der Waals surface area contributed by atoms with E-state index in [1.54, 1.807) is 0 Å². The van der Waals surface area contributed by atoms with E-state index in [1.807, 2.05) is 42.5 Å². The van der Waals surface area contributed by atoms with Gasteiger partial charge in [0.25, 0.3) is 0 Å². The summed E-state index contributed by atoms with van der Waals surface area (Å²) in [4.78, 5) is 15.8. The molecule has 1 rings (SSSR count). The molecule has 0 radical (unpaired) electrons. The molecule has 0 aliphatic carbocycles. The number of rotatable bonds is 8. The molecule has 1 aromatic rings. The number of carbonyl (C=O) groups excluding carboxylic acids is 1. The number of benzene rings is 1. The molecule has 0 unspecified atom stereocenters. The molecule has 0 atom stereocenters. The van der Waals surface area contributed by atoms with Gasteiger partial charge in [-0.3, -0.25) is 0 Å². The third-order valence-corrected chi connectivity index (χ3v) is 4.54. The highest BCUT2D eigenvalue weighted by molar-refractivity contribution is 7.97. The SMILES string of the molecule is C=CC[S+](CC=C)CC(=NOC(C)=O)c1ccccc1. The average molecular weight is 290 g/mol. The fraction of sp³-hybridized carbons (Fsp3) is 0.250. The highest BCUT2D eigenvalue weighted by Gasteiger charge is 2.20. The zero-order valence-electron chi connectivity index (χ0n) is 11.7. The molecule has 0 heterocycles. The van der Waals surface area contributed by atoms with Crippen LogP contribution in [0.25, 0.3) is 0 Å². The average Bonchev–Trinajstić information content (AvgIpc) is 2.44. The van der Waals surface area contributed by atoms with E-state index in [2.05, 4.69) is 18.3 Å². The van der Waals surface area contributed by atoms with Gasteiger partial charge in [0, 0.05) is 23.4 Å². The first-order chi connectivity index (χ1) is 9.67. The van der Waals surface area contributed by atoms with Crippen LogP contribution in [0.3, 0.4) is 0 Å². The molecule has 106 valence electrons. The Morgan fingerprint density at radius 2 is 1.85 bits per heavy atom. The van der Waals surface area contributed by atoms with Gasteiger partial charge in [-0.05, 0) is 12.2 Å². The lowest BCUT2D eigenvalue weighted by molar-refractivity contribution is -0.140. The lowest BCUT2D eigenvalue weighted by Crippen LogP contribution is -2.22. The summed E-state index contributed by atoms with van der Waals surface area (Å²) in [6.07, 6.45) is 3.81. The molecule has 0 spiro atoms. The Labute approximate surface area is 123 Å². The Morgan fingerprint density at radius 1 is 1.25 bits per heavy atom. The monoisotopic (exact) mass is 290 g/mol. The molecule has 0 amide bonds. The van der Waals surface area contributed by atoms with E-state index in [9.17, 15) is 4.79 Å². The maximum absolute atomic E-state index is 11.0. The van der Waals surface area contributed by atoms with Crippen LogP contribution in [0.4, 0.5) is 0 Å². The first-order valence-corrected chi connectivity index (χ1v) is 8.06. The second-order valence-electron chi connectivity index (χ2n) is 4.15. The topological polar surface area (TPSA) is 38.7 Å². The molecule has 0 fully saturated rings. The lowest BCUT2D eigenvalue weighted by atomic mass is 10.1.